The SMILES string of the molecule is Cc1cc(C(=O)O)oc1O. The van der Waals surface area contributed by atoms with Crippen LogP contribution in [0.25, 0.3) is 0 Å². The van der Waals surface area contributed by atoms with E-state index in [1.54, 1.807) is 6.92 Å². The van der Waals surface area contributed by atoms with Crippen molar-refractivity contribution in [3.05, 3.63) is 17.4 Å². The van der Waals surface area contributed by atoms with Crippen molar-refractivity contribution >= 4 is 5.97 Å². The second kappa shape index (κ2) is 2.06. The van der Waals surface area contributed by atoms with Crippen LogP contribution in [-0.4, -0.2) is 16.2 Å². The van der Waals surface area contributed by atoms with Gasteiger partial charge in [-0.05, 0) is 13.0 Å². The Hall–Kier alpha value is -1.45. The summed E-state index contributed by atoms with van der Waals surface area (Å²) < 4.78 is 4.43. The molecule has 0 atom stereocenters. The lowest BCUT2D eigenvalue weighted by Gasteiger charge is -1.82. The lowest BCUT2D eigenvalue weighted by molar-refractivity contribution is 0.0656. The Morgan fingerprint density at radius 1 is 1.70 bits per heavy atom. The summed E-state index contributed by atoms with van der Waals surface area (Å²) in [6.45, 7) is 1.56. The molecule has 2 N–H and O–H groups in total. The van der Waals surface area contributed by atoms with Gasteiger partial charge in [-0.15, -0.1) is 0 Å². The molecule has 0 saturated heterocycles. The summed E-state index contributed by atoms with van der Waals surface area (Å²) in [7, 11) is 0. The van der Waals surface area contributed by atoms with E-state index >= 15 is 0 Å². The maximum atomic E-state index is 10.2. The Kier molecular flexibility index (Phi) is 1.37. The average molecular weight is 142 g/mol. The predicted molar refractivity (Wildman–Crippen MR) is 32.1 cm³/mol. The number of aromatic hydroxyl groups is 1. The van der Waals surface area contributed by atoms with Crippen LogP contribution in [-0.2, 0) is 0 Å². The molecular weight excluding hydrogens is 136 g/mol. The second-order valence-electron chi connectivity index (χ2n) is 1.90. The van der Waals surface area contributed by atoms with Gasteiger partial charge in [-0.2, -0.15) is 0 Å². The van der Waals surface area contributed by atoms with Crippen LogP contribution in [0.4, 0.5) is 0 Å². The summed E-state index contributed by atoms with van der Waals surface area (Å²) in [6, 6.07) is 1.26. The molecule has 1 aromatic rings. The van der Waals surface area contributed by atoms with E-state index in [-0.39, 0.29) is 11.7 Å². The Labute approximate surface area is 56.7 Å². The predicted octanol–water partition coefficient (Wildman–Crippen LogP) is 0.992. The summed E-state index contributed by atoms with van der Waals surface area (Å²) in [4.78, 5) is 10.2. The van der Waals surface area contributed by atoms with Crippen LogP contribution < -0.4 is 0 Å². The summed E-state index contributed by atoms with van der Waals surface area (Å²) in [5, 5.41) is 17.1. The number of carboxylic acids is 1. The molecule has 0 amide bonds. The monoisotopic (exact) mass is 142 g/mol. The smallest absolute Gasteiger partial charge is 0.371 e. The molecule has 0 radical (unpaired) electrons. The van der Waals surface area contributed by atoms with Crippen LogP contribution in [0.15, 0.2) is 10.5 Å². The van der Waals surface area contributed by atoms with E-state index in [4.69, 9.17) is 10.2 Å². The Bertz CT molecular complexity index is 241. The van der Waals surface area contributed by atoms with Gasteiger partial charge in [-0.25, -0.2) is 4.79 Å². The topological polar surface area (TPSA) is 70.7 Å². The third-order valence-electron chi connectivity index (χ3n) is 1.10. The van der Waals surface area contributed by atoms with Gasteiger partial charge < -0.3 is 14.6 Å². The third kappa shape index (κ3) is 0.953. The van der Waals surface area contributed by atoms with Crippen LogP contribution >= 0.6 is 0 Å². The van der Waals surface area contributed by atoms with Crippen molar-refractivity contribution in [2.45, 2.75) is 6.92 Å². The first-order chi connectivity index (χ1) is 4.61. The van der Waals surface area contributed by atoms with E-state index in [9.17, 15) is 4.79 Å². The molecule has 1 aromatic heterocycles. The molecule has 1 heterocycles. The molecule has 1 rings (SSSR count). The van der Waals surface area contributed by atoms with E-state index in [0.717, 1.165) is 0 Å². The molecule has 4 nitrogen and oxygen atoms in total. The van der Waals surface area contributed by atoms with Crippen molar-refractivity contribution in [3.63, 3.8) is 0 Å². The lowest BCUT2D eigenvalue weighted by atomic mass is 10.3. The zero-order chi connectivity index (χ0) is 7.72. The quantitative estimate of drug-likeness (QED) is 0.613. The number of carboxylic acid groups (broad SMARTS) is 1. The molecule has 0 unspecified atom stereocenters. The fourth-order valence-corrected chi connectivity index (χ4v) is 0.578. The first kappa shape index (κ1) is 6.67. The first-order valence-electron chi connectivity index (χ1n) is 2.64. The number of aromatic carboxylic acids is 1. The summed E-state index contributed by atoms with van der Waals surface area (Å²) in [5.41, 5.74) is 0.428. The zero-order valence-corrected chi connectivity index (χ0v) is 5.29. The Balaban J connectivity index is 3.10. The first-order valence-corrected chi connectivity index (χ1v) is 2.64. The number of furan rings is 1. The van der Waals surface area contributed by atoms with Gasteiger partial charge in [0.1, 0.15) is 0 Å². The summed E-state index contributed by atoms with van der Waals surface area (Å²) in [5.74, 6) is -1.75. The van der Waals surface area contributed by atoms with Crippen molar-refractivity contribution in [1.29, 1.82) is 0 Å². The molecule has 4 heteroatoms. The average Bonchev–Trinajstić information content (AvgIpc) is 2.13. The van der Waals surface area contributed by atoms with Crippen molar-refractivity contribution in [2.75, 3.05) is 0 Å². The molecule has 0 saturated carbocycles. The molecule has 54 valence electrons. The number of aryl methyl sites for hydroxylation is 1. The number of hydrogen-bond acceptors (Lipinski definition) is 3. The van der Waals surface area contributed by atoms with Crippen LogP contribution in [0, 0.1) is 6.92 Å². The molecule has 0 fully saturated rings. The van der Waals surface area contributed by atoms with Crippen molar-refractivity contribution in [2.24, 2.45) is 0 Å². The van der Waals surface area contributed by atoms with E-state index in [1.807, 2.05) is 0 Å². The van der Waals surface area contributed by atoms with E-state index in [1.165, 1.54) is 6.07 Å². The van der Waals surface area contributed by atoms with Crippen LogP contribution in [0.3, 0.4) is 0 Å². The largest absolute Gasteiger partial charge is 0.481 e. The highest BCUT2D eigenvalue weighted by molar-refractivity contribution is 5.84. The Morgan fingerprint density at radius 3 is 2.50 bits per heavy atom. The van der Waals surface area contributed by atoms with E-state index in [0.29, 0.717) is 5.56 Å². The molecule has 0 spiro atoms. The third-order valence-corrected chi connectivity index (χ3v) is 1.10. The lowest BCUT2D eigenvalue weighted by Crippen LogP contribution is -1.91. The fourth-order valence-electron chi connectivity index (χ4n) is 0.578. The Morgan fingerprint density at radius 2 is 2.30 bits per heavy atom. The standard InChI is InChI=1S/C6H6O4/c1-3-2-4(5(7)8)10-6(3)9/h2,9H,1H3,(H,7,8). The fraction of sp³-hybridized carbons (Fsp3) is 0.167. The molecular formula is C6H6O4. The molecule has 10 heavy (non-hydrogen) atoms. The van der Waals surface area contributed by atoms with Crippen LogP contribution in [0.5, 0.6) is 5.95 Å². The maximum absolute atomic E-state index is 10.2. The number of carbonyl (C=O) groups is 1. The minimum atomic E-state index is -1.18. The van der Waals surface area contributed by atoms with Crippen LogP contribution in [0.2, 0.25) is 0 Å². The van der Waals surface area contributed by atoms with Crippen molar-refractivity contribution < 1.29 is 19.4 Å². The molecule has 0 aromatic carbocycles. The van der Waals surface area contributed by atoms with Crippen molar-refractivity contribution in [3.8, 4) is 5.95 Å². The van der Waals surface area contributed by atoms with E-state index < -0.39 is 5.97 Å². The normalized spacial score (nSPS) is 9.70. The number of rotatable bonds is 1. The molecule has 0 aliphatic rings. The van der Waals surface area contributed by atoms with Gasteiger partial charge in [-0.1, -0.05) is 0 Å². The zero-order valence-electron chi connectivity index (χ0n) is 5.29. The number of hydrogen-bond donors (Lipinski definition) is 2. The summed E-state index contributed by atoms with van der Waals surface area (Å²) in [6.07, 6.45) is 0. The minimum absolute atomic E-state index is 0.241. The van der Waals surface area contributed by atoms with Gasteiger partial charge in [0.2, 0.25) is 5.76 Å². The highest BCUT2D eigenvalue weighted by Crippen LogP contribution is 2.20. The second-order valence-corrected chi connectivity index (χ2v) is 1.90. The maximum Gasteiger partial charge on any atom is 0.371 e. The van der Waals surface area contributed by atoms with Gasteiger partial charge in [-0.3, -0.25) is 0 Å². The van der Waals surface area contributed by atoms with Crippen molar-refractivity contribution in [1.82, 2.24) is 0 Å². The molecule has 0 bridgehead atoms. The highest BCUT2D eigenvalue weighted by Gasteiger charge is 2.11. The van der Waals surface area contributed by atoms with Gasteiger partial charge in [0.05, 0.1) is 0 Å². The summed E-state index contributed by atoms with van der Waals surface area (Å²) >= 11 is 0. The van der Waals surface area contributed by atoms with Gasteiger partial charge >= 0.3 is 5.97 Å². The molecule has 0 aliphatic carbocycles. The van der Waals surface area contributed by atoms with Gasteiger partial charge in [0.15, 0.2) is 0 Å². The highest BCUT2D eigenvalue weighted by atomic mass is 16.5. The molecule has 0 aliphatic heterocycles. The van der Waals surface area contributed by atoms with Gasteiger partial charge in [0.25, 0.3) is 5.95 Å². The van der Waals surface area contributed by atoms with E-state index in [2.05, 4.69) is 4.42 Å². The van der Waals surface area contributed by atoms with Crippen LogP contribution in [0.1, 0.15) is 16.1 Å². The van der Waals surface area contributed by atoms with Gasteiger partial charge in [0, 0.05) is 5.56 Å². The minimum Gasteiger partial charge on any atom is -0.481 e.